The zero-order valence-electron chi connectivity index (χ0n) is 10.1. The molecule has 0 aromatic carbocycles. The van der Waals surface area contributed by atoms with E-state index in [4.69, 9.17) is 0 Å². The first-order chi connectivity index (χ1) is 8.34. The molecule has 0 aliphatic carbocycles. The molecule has 17 heavy (non-hydrogen) atoms. The molecular weight excluding hydrogens is 232 g/mol. The number of thiophene rings is 1. The van der Waals surface area contributed by atoms with Gasteiger partial charge in [-0.05, 0) is 43.7 Å². The molecule has 0 saturated carbocycles. The third-order valence-corrected chi connectivity index (χ3v) is 4.01. The minimum absolute atomic E-state index is 0.204. The molecule has 94 valence electrons. The molecule has 1 aliphatic heterocycles. The Bertz CT molecular complexity index is 331. The first-order valence-corrected chi connectivity index (χ1v) is 7.25. The number of piperidine rings is 1. The van der Waals surface area contributed by atoms with E-state index in [9.17, 15) is 4.79 Å². The summed E-state index contributed by atoms with van der Waals surface area (Å²) in [5, 5.41) is 8.49. The van der Waals surface area contributed by atoms with E-state index < -0.39 is 0 Å². The number of nitrogens with one attached hydrogen (secondary N) is 2. The largest absolute Gasteiger partial charge is 0.352 e. The average Bonchev–Trinajstić information content (AvgIpc) is 2.83. The van der Waals surface area contributed by atoms with Crippen LogP contribution in [0, 0.1) is 0 Å². The van der Waals surface area contributed by atoms with Gasteiger partial charge in [-0.15, -0.1) is 11.3 Å². The van der Waals surface area contributed by atoms with E-state index in [2.05, 4.69) is 28.1 Å². The van der Waals surface area contributed by atoms with E-state index >= 15 is 0 Å². The van der Waals surface area contributed by atoms with Gasteiger partial charge in [-0.1, -0.05) is 6.07 Å². The van der Waals surface area contributed by atoms with Crippen LogP contribution in [0.3, 0.4) is 0 Å². The van der Waals surface area contributed by atoms with Crippen molar-refractivity contribution in [1.29, 1.82) is 0 Å². The molecule has 1 aromatic rings. The van der Waals surface area contributed by atoms with Crippen LogP contribution in [-0.4, -0.2) is 25.0 Å². The van der Waals surface area contributed by atoms with Gasteiger partial charge in [0.1, 0.15) is 0 Å². The first kappa shape index (κ1) is 12.6. The number of amides is 1. The van der Waals surface area contributed by atoms with Crippen molar-refractivity contribution in [2.24, 2.45) is 0 Å². The molecule has 1 saturated heterocycles. The molecule has 1 aromatic heterocycles. The van der Waals surface area contributed by atoms with Gasteiger partial charge in [0.15, 0.2) is 0 Å². The van der Waals surface area contributed by atoms with E-state index in [0.29, 0.717) is 12.5 Å². The highest BCUT2D eigenvalue weighted by Gasteiger charge is 2.14. The molecule has 1 aliphatic rings. The second-order valence-electron chi connectivity index (χ2n) is 4.54. The van der Waals surface area contributed by atoms with Crippen LogP contribution >= 0.6 is 11.3 Å². The highest BCUT2D eigenvalue weighted by Crippen LogP contribution is 2.12. The van der Waals surface area contributed by atoms with E-state index in [1.165, 1.54) is 11.3 Å². The average molecular weight is 252 g/mol. The number of aryl methyl sites for hydroxylation is 1. The Labute approximate surface area is 107 Å². The number of carbonyl (C=O) groups excluding carboxylic acids is 1. The first-order valence-electron chi connectivity index (χ1n) is 6.37. The summed E-state index contributed by atoms with van der Waals surface area (Å²) in [6.45, 7) is 2.02. The number of hydrogen-bond acceptors (Lipinski definition) is 3. The lowest BCUT2D eigenvalue weighted by Crippen LogP contribution is -2.45. The summed E-state index contributed by atoms with van der Waals surface area (Å²) in [4.78, 5) is 13.1. The topological polar surface area (TPSA) is 41.1 Å². The van der Waals surface area contributed by atoms with Crippen molar-refractivity contribution in [2.45, 2.75) is 38.1 Å². The van der Waals surface area contributed by atoms with E-state index in [0.717, 1.165) is 32.4 Å². The smallest absolute Gasteiger partial charge is 0.220 e. The lowest BCUT2D eigenvalue weighted by molar-refractivity contribution is -0.122. The van der Waals surface area contributed by atoms with Crippen LogP contribution in [0.2, 0.25) is 0 Å². The fourth-order valence-electron chi connectivity index (χ4n) is 2.15. The molecular formula is C13H20N2OS. The van der Waals surface area contributed by atoms with E-state index in [-0.39, 0.29) is 5.91 Å². The number of rotatable bonds is 5. The molecule has 2 rings (SSSR count). The molecule has 1 atom stereocenters. The minimum atomic E-state index is 0.204. The second kappa shape index (κ2) is 6.77. The van der Waals surface area contributed by atoms with Crippen LogP contribution < -0.4 is 10.6 Å². The number of carbonyl (C=O) groups is 1. The number of hydrogen-bond donors (Lipinski definition) is 2. The third kappa shape index (κ3) is 4.48. The zero-order valence-corrected chi connectivity index (χ0v) is 10.9. The van der Waals surface area contributed by atoms with E-state index in [1.54, 1.807) is 11.3 Å². The predicted octanol–water partition coefficient (Wildman–Crippen LogP) is 1.94. The Hall–Kier alpha value is -0.870. The second-order valence-corrected chi connectivity index (χ2v) is 5.58. The van der Waals surface area contributed by atoms with Crippen molar-refractivity contribution in [3.63, 3.8) is 0 Å². The molecule has 2 heterocycles. The highest BCUT2D eigenvalue weighted by atomic mass is 32.1. The molecule has 1 amide bonds. The van der Waals surface area contributed by atoms with Crippen LogP contribution in [0.1, 0.15) is 30.6 Å². The van der Waals surface area contributed by atoms with Gasteiger partial charge < -0.3 is 10.6 Å². The summed E-state index contributed by atoms with van der Waals surface area (Å²) in [5.41, 5.74) is 0. The lowest BCUT2D eigenvalue weighted by atomic mass is 10.1. The predicted molar refractivity (Wildman–Crippen MR) is 71.3 cm³/mol. The fourth-order valence-corrected chi connectivity index (χ4v) is 2.90. The van der Waals surface area contributed by atoms with Crippen LogP contribution in [-0.2, 0) is 11.2 Å². The van der Waals surface area contributed by atoms with Crippen molar-refractivity contribution >= 4 is 17.2 Å². The maximum Gasteiger partial charge on any atom is 0.220 e. The molecule has 0 unspecified atom stereocenters. The third-order valence-electron chi connectivity index (χ3n) is 3.07. The van der Waals surface area contributed by atoms with Gasteiger partial charge in [0, 0.05) is 23.9 Å². The molecule has 2 N–H and O–H groups in total. The van der Waals surface area contributed by atoms with Crippen LogP contribution in [0.4, 0.5) is 0 Å². The normalized spacial score (nSPS) is 20.1. The molecule has 0 spiro atoms. The standard InChI is InChI=1S/C13H20N2OS/c16-13(15-11-4-2-8-14-10-11)7-1-5-12-6-3-9-17-12/h3,6,9,11,14H,1-2,4-5,7-8,10H2,(H,15,16)/t11-/m0/s1. The van der Waals surface area contributed by atoms with Crippen LogP contribution in [0.25, 0.3) is 0 Å². The van der Waals surface area contributed by atoms with Crippen LogP contribution in [0.5, 0.6) is 0 Å². The van der Waals surface area contributed by atoms with Gasteiger partial charge in [0.05, 0.1) is 0 Å². The van der Waals surface area contributed by atoms with Gasteiger partial charge in [-0.25, -0.2) is 0 Å². The molecule has 4 heteroatoms. The molecule has 3 nitrogen and oxygen atoms in total. The summed E-state index contributed by atoms with van der Waals surface area (Å²) in [5.74, 6) is 0.204. The highest BCUT2D eigenvalue weighted by molar-refractivity contribution is 7.09. The fraction of sp³-hybridized carbons (Fsp3) is 0.615. The molecule has 0 bridgehead atoms. The Morgan fingerprint density at radius 1 is 1.59 bits per heavy atom. The van der Waals surface area contributed by atoms with Crippen molar-refractivity contribution < 1.29 is 4.79 Å². The quantitative estimate of drug-likeness (QED) is 0.841. The Balaban J connectivity index is 1.60. The van der Waals surface area contributed by atoms with Gasteiger partial charge in [-0.2, -0.15) is 0 Å². The summed E-state index contributed by atoms with van der Waals surface area (Å²) >= 11 is 1.77. The summed E-state index contributed by atoms with van der Waals surface area (Å²) < 4.78 is 0. The Morgan fingerprint density at radius 2 is 2.53 bits per heavy atom. The monoisotopic (exact) mass is 252 g/mol. The van der Waals surface area contributed by atoms with Gasteiger partial charge in [-0.3, -0.25) is 4.79 Å². The minimum Gasteiger partial charge on any atom is -0.352 e. The summed E-state index contributed by atoms with van der Waals surface area (Å²) in [6.07, 6.45) is 4.90. The van der Waals surface area contributed by atoms with Crippen molar-refractivity contribution in [3.05, 3.63) is 22.4 Å². The zero-order chi connectivity index (χ0) is 11.9. The van der Waals surface area contributed by atoms with E-state index in [1.807, 2.05) is 0 Å². The maximum atomic E-state index is 11.7. The lowest BCUT2D eigenvalue weighted by Gasteiger charge is -2.23. The van der Waals surface area contributed by atoms with Crippen molar-refractivity contribution in [2.75, 3.05) is 13.1 Å². The summed E-state index contributed by atoms with van der Waals surface area (Å²) in [6, 6.07) is 4.54. The summed E-state index contributed by atoms with van der Waals surface area (Å²) in [7, 11) is 0. The molecule has 1 fully saturated rings. The van der Waals surface area contributed by atoms with Gasteiger partial charge in [0.2, 0.25) is 5.91 Å². The SMILES string of the molecule is O=C(CCCc1cccs1)N[C@H]1CCCNC1. The molecule has 0 radical (unpaired) electrons. The Kier molecular flexibility index (Phi) is 5.01. The van der Waals surface area contributed by atoms with Gasteiger partial charge in [0.25, 0.3) is 0 Å². The maximum absolute atomic E-state index is 11.7. The van der Waals surface area contributed by atoms with Crippen molar-refractivity contribution in [1.82, 2.24) is 10.6 Å². The Morgan fingerprint density at radius 3 is 3.24 bits per heavy atom. The van der Waals surface area contributed by atoms with Crippen molar-refractivity contribution in [3.8, 4) is 0 Å². The van der Waals surface area contributed by atoms with Crippen LogP contribution in [0.15, 0.2) is 17.5 Å². The van der Waals surface area contributed by atoms with Gasteiger partial charge >= 0.3 is 0 Å².